The first kappa shape index (κ1) is 23.3. The summed E-state index contributed by atoms with van der Waals surface area (Å²) in [4.78, 5) is 0. The van der Waals surface area contributed by atoms with Crippen molar-refractivity contribution in [3.05, 3.63) is 0 Å². The molecule has 48 valence electrons. The second-order valence-corrected chi connectivity index (χ2v) is 2.35. The zero-order valence-electron chi connectivity index (χ0n) is 5.10. The van der Waals surface area contributed by atoms with Crippen LogP contribution in [0.2, 0.25) is 0 Å². The van der Waals surface area contributed by atoms with E-state index in [4.69, 9.17) is 20.8 Å². The number of hydrogen-bond acceptors (Lipinski definition) is 6. The van der Waals surface area contributed by atoms with Crippen LogP contribution in [-0.2, 0) is 47.2 Å². The Morgan fingerprint density at radius 1 is 1.20 bits per heavy atom. The Morgan fingerprint density at radius 2 is 1.20 bits per heavy atom. The molecule has 0 bridgehead atoms. The van der Waals surface area contributed by atoms with Crippen LogP contribution in [-0.4, -0.2) is 48.9 Å². The first-order valence-electron chi connectivity index (χ1n) is 1.16. The molecule has 0 amide bonds. The minimum absolute atomic E-state index is 0. The average molecular weight is 397 g/mol. The van der Waals surface area contributed by atoms with E-state index in [1.54, 1.807) is 0 Å². The van der Waals surface area contributed by atoms with Crippen LogP contribution < -0.4 is 40.5 Å². The molecule has 0 aliphatic carbocycles. The summed E-state index contributed by atoms with van der Waals surface area (Å²) < 4.78 is 51.6. The summed E-state index contributed by atoms with van der Waals surface area (Å²) in [5.74, 6) is 0. The van der Waals surface area contributed by atoms with Gasteiger partial charge in [0.25, 0.3) is 0 Å². The number of rotatable bonds is 0. The van der Waals surface area contributed by atoms with Gasteiger partial charge in [-0.1, -0.05) is 0 Å². The Kier molecular flexibility index (Phi) is 42.3. The average Bonchev–Trinajstić information content (AvgIpc) is 1.25. The van der Waals surface area contributed by atoms with Crippen molar-refractivity contribution in [3.63, 3.8) is 0 Å². The topological polar surface area (TPSA) is 120 Å². The second-order valence-electron chi connectivity index (χ2n) is 0.474. The summed E-state index contributed by atoms with van der Waals surface area (Å²) in [6, 6.07) is 0. The molecule has 0 saturated heterocycles. The molecule has 0 spiro atoms. The fraction of sp³-hybridized carbons (Fsp3) is 0. The predicted molar refractivity (Wildman–Crippen MR) is 7.81 cm³/mol. The van der Waals surface area contributed by atoms with E-state index in [2.05, 4.69) is 0 Å². The summed E-state index contributed by atoms with van der Waals surface area (Å²) >= 11 is -8.28. The van der Waals surface area contributed by atoms with Crippen LogP contribution in [0.25, 0.3) is 0 Å². The monoisotopic (exact) mass is 398 g/mol. The molecule has 0 fully saturated rings. The first-order valence-corrected chi connectivity index (χ1v) is 5.77. The third kappa shape index (κ3) is 110. The summed E-state index contributed by atoms with van der Waals surface area (Å²) in [6.07, 6.45) is 0. The molecule has 0 aromatic heterocycles. The first-order chi connectivity index (χ1) is 3.46. The van der Waals surface area contributed by atoms with Crippen LogP contribution in [0.4, 0.5) is 0 Å². The molecule has 0 aliphatic heterocycles. The van der Waals surface area contributed by atoms with Crippen LogP contribution >= 0.6 is 0 Å². The summed E-state index contributed by atoms with van der Waals surface area (Å²) in [5.41, 5.74) is 0. The third-order valence-corrected chi connectivity index (χ3v) is 0. The molecule has 0 aliphatic rings. The van der Waals surface area contributed by atoms with Crippen molar-refractivity contribution in [1.82, 2.24) is 0 Å². The van der Waals surface area contributed by atoms with Gasteiger partial charge in [-0.25, -0.2) is 0 Å². The Bertz CT molecular complexity index is 120. The fourth-order valence-electron chi connectivity index (χ4n) is 0. The van der Waals surface area contributed by atoms with E-state index in [0.29, 0.717) is 0 Å². The van der Waals surface area contributed by atoms with Gasteiger partial charge in [0.2, 0.25) is 0 Å². The second kappa shape index (κ2) is 18.2. The van der Waals surface area contributed by atoms with Crippen LogP contribution in [0, 0.1) is 0 Å². The van der Waals surface area contributed by atoms with Gasteiger partial charge >= 0.3 is 137 Å². The normalized spacial score (nSPS) is 5.10. The Morgan fingerprint density at radius 3 is 1.20 bits per heavy atom. The zero-order valence-corrected chi connectivity index (χ0v) is 15.3. The Balaban J connectivity index is -0.0000000300. The zero-order chi connectivity index (χ0) is 7.15. The van der Waals surface area contributed by atoms with Crippen LogP contribution in [0.15, 0.2) is 0 Å². The SMILES string of the molecule is [Ba+2].[Na+].[O]=[Nb](=[O])[O-].[O]=[Ti]([O-])[O-]. The van der Waals surface area contributed by atoms with Gasteiger partial charge < -0.3 is 0 Å². The molecule has 0 radical (unpaired) electrons. The quantitative estimate of drug-likeness (QED) is 0.375. The van der Waals surface area contributed by atoms with Gasteiger partial charge in [0.15, 0.2) is 0 Å². The van der Waals surface area contributed by atoms with Gasteiger partial charge in [-0.05, 0) is 0 Å². The number of hydrogen-bond donors (Lipinski definition) is 0. The van der Waals surface area contributed by atoms with Crippen molar-refractivity contribution in [1.29, 1.82) is 0 Å². The Hall–Kier alpha value is 3.31. The molecular weight excluding hydrogens is 397 g/mol. The fourth-order valence-corrected chi connectivity index (χ4v) is 0. The van der Waals surface area contributed by atoms with Crippen molar-refractivity contribution in [2.24, 2.45) is 0 Å². The van der Waals surface area contributed by atoms with E-state index in [1.807, 2.05) is 0 Å². The van der Waals surface area contributed by atoms with Crippen molar-refractivity contribution < 1.29 is 87.8 Å². The standard InChI is InChI=1S/Ba.Na.Nb.6O.Ti/q+2;+1;;;;;3*-1;. The van der Waals surface area contributed by atoms with Crippen LogP contribution in [0.3, 0.4) is 0 Å². The van der Waals surface area contributed by atoms with E-state index >= 15 is 0 Å². The van der Waals surface area contributed by atoms with Crippen LogP contribution in [0.5, 0.6) is 0 Å². The molecule has 0 aromatic carbocycles. The molecule has 10 heavy (non-hydrogen) atoms. The van der Waals surface area contributed by atoms with E-state index in [1.165, 1.54) is 0 Å². The van der Waals surface area contributed by atoms with E-state index in [9.17, 15) is 0 Å². The molecule has 0 aromatic rings. The molecule has 0 unspecified atom stereocenters. The maximum atomic E-state index is 8.60. The van der Waals surface area contributed by atoms with Gasteiger partial charge in [0, 0.05) is 0 Å². The van der Waals surface area contributed by atoms with Gasteiger partial charge in [0.1, 0.15) is 0 Å². The van der Waals surface area contributed by atoms with Crippen molar-refractivity contribution >= 4 is 48.9 Å². The molecule has 10 heteroatoms. The van der Waals surface area contributed by atoms with Gasteiger partial charge in [-0.3, -0.25) is 0 Å². The summed E-state index contributed by atoms with van der Waals surface area (Å²) in [5, 5.41) is 0. The summed E-state index contributed by atoms with van der Waals surface area (Å²) in [6.45, 7) is 0. The summed E-state index contributed by atoms with van der Waals surface area (Å²) in [7, 11) is 0. The molecule has 0 saturated carbocycles. The van der Waals surface area contributed by atoms with Gasteiger partial charge in [-0.2, -0.15) is 0 Å². The van der Waals surface area contributed by atoms with E-state index < -0.39 is 37.4 Å². The maximum absolute atomic E-state index is 8.60. The third-order valence-electron chi connectivity index (χ3n) is 0. The van der Waals surface area contributed by atoms with Crippen molar-refractivity contribution in [2.45, 2.75) is 0 Å². The molecular formula is BaNaNbO6Ti. The van der Waals surface area contributed by atoms with Crippen LogP contribution in [0.1, 0.15) is 0 Å². The van der Waals surface area contributed by atoms with Crippen molar-refractivity contribution in [3.8, 4) is 0 Å². The minimum atomic E-state index is -4.20. The molecule has 0 N–H and O–H groups in total. The van der Waals surface area contributed by atoms with Gasteiger partial charge in [-0.15, -0.1) is 0 Å². The van der Waals surface area contributed by atoms with E-state index in [-0.39, 0.29) is 78.4 Å². The predicted octanol–water partition coefficient (Wildman–Crippen LogP) is -7.31. The van der Waals surface area contributed by atoms with Gasteiger partial charge in [0.05, 0.1) is 0 Å². The molecule has 0 rings (SSSR count). The molecule has 0 atom stereocenters. The Labute approximate surface area is 133 Å². The van der Waals surface area contributed by atoms with Crippen molar-refractivity contribution in [2.75, 3.05) is 0 Å². The molecule has 6 nitrogen and oxygen atoms in total. The molecule has 0 heterocycles. The van der Waals surface area contributed by atoms with E-state index in [0.717, 1.165) is 0 Å².